The minimum atomic E-state index is -0.963. The summed E-state index contributed by atoms with van der Waals surface area (Å²) in [5.74, 6) is -2.14. The third kappa shape index (κ3) is 2.49. The molecule has 1 aliphatic rings. The predicted molar refractivity (Wildman–Crippen MR) is 73.8 cm³/mol. The molecule has 0 spiro atoms. The third-order valence-corrected chi connectivity index (χ3v) is 4.07. The molecule has 7 heteroatoms. The lowest BCUT2D eigenvalue weighted by molar-refractivity contribution is -0.136. The van der Waals surface area contributed by atoms with E-state index in [1.165, 1.54) is 6.07 Å². The zero-order chi connectivity index (χ0) is 15.1. The molecule has 21 heavy (non-hydrogen) atoms. The molecule has 0 radical (unpaired) electrons. The van der Waals surface area contributed by atoms with Crippen LogP contribution in [0.25, 0.3) is 0 Å². The highest BCUT2D eigenvalue weighted by atomic mass is 32.1. The number of aromatic amines is 1. The lowest BCUT2D eigenvalue weighted by atomic mass is 9.95. The van der Waals surface area contributed by atoms with E-state index in [0.29, 0.717) is 29.0 Å². The van der Waals surface area contributed by atoms with Crippen molar-refractivity contribution in [2.75, 3.05) is 0 Å². The van der Waals surface area contributed by atoms with E-state index in [2.05, 4.69) is 4.98 Å². The van der Waals surface area contributed by atoms with Gasteiger partial charge in [0.1, 0.15) is 11.6 Å². The van der Waals surface area contributed by atoms with E-state index in [4.69, 9.17) is 17.3 Å². The van der Waals surface area contributed by atoms with Gasteiger partial charge in [0, 0.05) is 23.9 Å². The van der Waals surface area contributed by atoms with Gasteiger partial charge in [0.2, 0.25) is 0 Å². The Kier molecular flexibility index (Phi) is 3.36. The van der Waals surface area contributed by atoms with Gasteiger partial charge in [0.15, 0.2) is 4.77 Å². The average Bonchev–Trinajstić information content (AvgIpc) is 2.95. The number of carboxylic acid groups (broad SMARTS) is 1. The summed E-state index contributed by atoms with van der Waals surface area (Å²) in [6, 6.07) is 3.38. The fourth-order valence-electron chi connectivity index (χ4n) is 2.83. The summed E-state index contributed by atoms with van der Waals surface area (Å²) in [7, 11) is 0. The first-order valence-corrected chi connectivity index (χ1v) is 6.84. The second kappa shape index (κ2) is 5.07. The van der Waals surface area contributed by atoms with Crippen molar-refractivity contribution in [3.63, 3.8) is 0 Å². The van der Waals surface area contributed by atoms with E-state index in [9.17, 15) is 13.6 Å². The molecule has 0 amide bonds. The van der Waals surface area contributed by atoms with Gasteiger partial charge in [-0.1, -0.05) is 0 Å². The van der Waals surface area contributed by atoms with Crippen LogP contribution in [0, 0.1) is 16.4 Å². The molecule has 110 valence electrons. The summed E-state index contributed by atoms with van der Waals surface area (Å²) in [4.78, 5) is 13.7. The van der Waals surface area contributed by atoms with Crippen LogP contribution in [0.5, 0.6) is 0 Å². The molecule has 0 fully saturated rings. The van der Waals surface area contributed by atoms with E-state index >= 15 is 0 Å². The lowest BCUT2D eigenvalue weighted by Crippen LogP contribution is -2.06. The van der Waals surface area contributed by atoms with Crippen molar-refractivity contribution in [2.24, 2.45) is 0 Å². The number of fused-ring (bicyclic) bond motifs is 1. The van der Waals surface area contributed by atoms with E-state index < -0.39 is 17.6 Å². The van der Waals surface area contributed by atoms with Crippen LogP contribution in [0.3, 0.4) is 0 Å². The number of hydrogen-bond donors (Lipinski definition) is 2. The number of aromatic nitrogens is 2. The number of carbonyl (C=O) groups is 1. The Hall–Kier alpha value is -2.02. The SMILES string of the molecule is O=C(O)Cc1[nH]c(=S)n2c1CC(c1cc(F)ccc1F)C2. The summed E-state index contributed by atoms with van der Waals surface area (Å²) < 4.78 is 29.3. The number of halogens is 2. The highest BCUT2D eigenvalue weighted by Crippen LogP contribution is 2.33. The highest BCUT2D eigenvalue weighted by Gasteiger charge is 2.29. The van der Waals surface area contributed by atoms with Crippen LogP contribution in [0.4, 0.5) is 8.78 Å². The molecule has 1 unspecified atom stereocenters. The van der Waals surface area contributed by atoms with E-state index in [-0.39, 0.29) is 12.3 Å². The van der Waals surface area contributed by atoms with Crippen molar-refractivity contribution in [3.8, 4) is 0 Å². The largest absolute Gasteiger partial charge is 0.481 e. The van der Waals surface area contributed by atoms with Crippen LogP contribution in [0.15, 0.2) is 18.2 Å². The summed E-state index contributed by atoms with van der Waals surface area (Å²) in [6.45, 7) is 0.421. The molecule has 4 nitrogen and oxygen atoms in total. The predicted octanol–water partition coefficient (Wildman–Crippen LogP) is 2.79. The Balaban J connectivity index is 1.96. The van der Waals surface area contributed by atoms with Crippen LogP contribution in [-0.4, -0.2) is 20.6 Å². The number of carboxylic acids is 1. The van der Waals surface area contributed by atoms with Gasteiger partial charge < -0.3 is 14.7 Å². The Morgan fingerprint density at radius 2 is 2.24 bits per heavy atom. The first-order valence-electron chi connectivity index (χ1n) is 6.43. The minimum absolute atomic E-state index is 0.162. The summed E-state index contributed by atoms with van der Waals surface area (Å²) in [5, 5.41) is 8.90. The number of nitrogens with one attached hydrogen (secondary N) is 1. The number of nitrogens with zero attached hydrogens (tertiary/aromatic N) is 1. The number of aliphatic carboxylic acids is 1. The molecule has 0 saturated carbocycles. The van der Waals surface area contributed by atoms with Crippen molar-refractivity contribution in [3.05, 3.63) is 51.6 Å². The molecule has 3 rings (SSSR count). The Morgan fingerprint density at radius 3 is 2.95 bits per heavy atom. The number of H-pyrrole nitrogens is 1. The van der Waals surface area contributed by atoms with Crippen molar-refractivity contribution >= 4 is 18.2 Å². The fourth-order valence-corrected chi connectivity index (χ4v) is 3.14. The van der Waals surface area contributed by atoms with Crippen LogP contribution in [-0.2, 0) is 24.2 Å². The van der Waals surface area contributed by atoms with Gasteiger partial charge in [-0.25, -0.2) is 8.78 Å². The molecule has 1 aromatic carbocycles. The number of imidazole rings is 1. The first kappa shape index (κ1) is 13.9. The smallest absolute Gasteiger partial charge is 0.309 e. The van der Waals surface area contributed by atoms with Gasteiger partial charge in [-0.3, -0.25) is 4.79 Å². The second-order valence-corrected chi connectivity index (χ2v) is 5.49. The van der Waals surface area contributed by atoms with Gasteiger partial charge in [-0.2, -0.15) is 0 Å². The van der Waals surface area contributed by atoms with Gasteiger partial charge in [0.25, 0.3) is 0 Å². The van der Waals surface area contributed by atoms with Gasteiger partial charge in [0.05, 0.1) is 6.42 Å². The molecular formula is C14H12F2N2O2S. The third-order valence-electron chi connectivity index (χ3n) is 3.75. The minimum Gasteiger partial charge on any atom is -0.481 e. The molecule has 2 aromatic rings. The molecule has 0 aliphatic carbocycles. The second-order valence-electron chi connectivity index (χ2n) is 5.10. The molecule has 1 aromatic heterocycles. The van der Waals surface area contributed by atoms with Crippen LogP contribution in [0.2, 0.25) is 0 Å². The molecule has 2 heterocycles. The van der Waals surface area contributed by atoms with Crippen molar-refractivity contribution in [2.45, 2.75) is 25.3 Å². The standard InChI is InChI=1S/C14H12F2N2O2S/c15-8-1-2-10(16)9(4-8)7-3-12-11(5-13(19)20)17-14(21)18(12)6-7/h1-2,4,7H,3,5-6H2,(H,17,21)(H,19,20). The summed E-state index contributed by atoms with van der Waals surface area (Å²) >= 11 is 5.16. The Morgan fingerprint density at radius 1 is 1.48 bits per heavy atom. The van der Waals surface area contributed by atoms with Crippen molar-refractivity contribution in [1.29, 1.82) is 0 Å². The molecule has 0 saturated heterocycles. The Labute approximate surface area is 124 Å². The molecule has 1 aliphatic heterocycles. The topological polar surface area (TPSA) is 58.0 Å². The summed E-state index contributed by atoms with van der Waals surface area (Å²) in [6.07, 6.45) is 0.278. The van der Waals surface area contributed by atoms with Gasteiger partial charge in [-0.05, 0) is 42.4 Å². The normalized spacial score (nSPS) is 17.0. The fraction of sp³-hybridized carbons (Fsp3) is 0.286. The lowest BCUT2D eigenvalue weighted by Gasteiger charge is -2.11. The average molecular weight is 310 g/mol. The number of rotatable bonds is 3. The molecule has 2 N–H and O–H groups in total. The van der Waals surface area contributed by atoms with Crippen molar-refractivity contribution in [1.82, 2.24) is 9.55 Å². The van der Waals surface area contributed by atoms with Gasteiger partial charge in [-0.15, -0.1) is 0 Å². The first-order chi connectivity index (χ1) is 9.95. The maximum Gasteiger partial charge on any atom is 0.309 e. The Bertz CT molecular complexity index is 782. The maximum absolute atomic E-state index is 13.9. The summed E-state index contributed by atoms with van der Waals surface area (Å²) in [5.41, 5.74) is 1.59. The maximum atomic E-state index is 13.9. The highest BCUT2D eigenvalue weighted by molar-refractivity contribution is 7.71. The quantitative estimate of drug-likeness (QED) is 0.857. The van der Waals surface area contributed by atoms with Crippen LogP contribution >= 0.6 is 12.2 Å². The molecule has 1 atom stereocenters. The van der Waals surface area contributed by atoms with Crippen LogP contribution < -0.4 is 0 Å². The molecular weight excluding hydrogens is 298 g/mol. The van der Waals surface area contributed by atoms with Crippen LogP contribution in [0.1, 0.15) is 22.9 Å². The van der Waals surface area contributed by atoms with Crippen molar-refractivity contribution < 1.29 is 18.7 Å². The van der Waals surface area contributed by atoms with Gasteiger partial charge >= 0.3 is 5.97 Å². The zero-order valence-corrected chi connectivity index (χ0v) is 11.7. The number of benzene rings is 1. The monoisotopic (exact) mass is 310 g/mol. The number of hydrogen-bond acceptors (Lipinski definition) is 2. The zero-order valence-electron chi connectivity index (χ0n) is 10.9. The van der Waals surface area contributed by atoms with E-state index in [1.54, 1.807) is 4.57 Å². The van der Waals surface area contributed by atoms with E-state index in [1.807, 2.05) is 0 Å². The molecule has 0 bridgehead atoms. The van der Waals surface area contributed by atoms with E-state index in [0.717, 1.165) is 17.8 Å².